The lowest BCUT2D eigenvalue weighted by Gasteiger charge is -2.33. The first-order valence-corrected chi connectivity index (χ1v) is 34.9. The molecule has 12 heterocycles. The number of H-pyrrole nitrogens is 1. The molecule has 11 aromatic rings. The molecule has 2 aromatic carbocycles. The van der Waals surface area contributed by atoms with Gasteiger partial charge in [-0.1, -0.05) is 70.2 Å². The number of nitrogens with zero attached hydrogens (tertiary/aromatic N) is 13. The first-order valence-electron chi connectivity index (χ1n) is 30.8. The summed E-state index contributed by atoms with van der Waals surface area (Å²) in [7, 11) is -7.98. The molecule has 0 radical (unpaired) electrons. The third kappa shape index (κ3) is 14.9. The molecule has 3 atom stereocenters. The van der Waals surface area contributed by atoms with Crippen LogP contribution in [0.5, 0.6) is 0 Å². The highest BCUT2D eigenvalue weighted by Gasteiger charge is 2.30. The molecule has 26 nitrogen and oxygen atoms in total. The van der Waals surface area contributed by atoms with E-state index in [4.69, 9.17) is 57.1 Å². The number of hydrogen-bond donors (Lipinski definition) is 9. The Morgan fingerprint density at radius 1 is 0.541 bits per heavy atom. The van der Waals surface area contributed by atoms with Crippen molar-refractivity contribution < 1.29 is 30.0 Å². The van der Waals surface area contributed by atoms with Gasteiger partial charge >= 0.3 is 0 Å². The molecule has 14 rings (SSSR count). The number of halogens is 6. The van der Waals surface area contributed by atoms with Gasteiger partial charge in [-0.2, -0.15) is 0 Å². The highest BCUT2D eigenvalue weighted by Crippen LogP contribution is 2.36. The lowest BCUT2D eigenvalue weighted by molar-refractivity contribution is 0.316. The van der Waals surface area contributed by atoms with Crippen molar-refractivity contribution in [1.82, 2.24) is 72.9 Å². The second-order valence-corrected chi connectivity index (χ2v) is 28.5. The molecule has 0 aliphatic carbocycles. The van der Waals surface area contributed by atoms with Crippen LogP contribution in [0.15, 0.2) is 132 Å². The minimum absolute atomic E-state index is 0.0218. The number of fused-ring (bicyclic) bond motifs is 3. The Morgan fingerprint density at radius 3 is 1.36 bits per heavy atom. The van der Waals surface area contributed by atoms with Crippen LogP contribution in [0.3, 0.4) is 0 Å². The Balaban J connectivity index is 0.000000142. The summed E-state index contributed by atoms with van der Waals surface area (Å²) in [6.45, 7) is 7.73. The molecule has 0 spiro atoms. The molecule has 3 aliphatic rings. The van der Waals surface area contributed by atoms with Crippen molar-refractivity contribution in [1.29, 1.82) is 10.8 Å². The number of benzene rings is 2. The first kappa shape index (κ1) is 68.2. The highest BCUT2D eigenvalue weighted by atomic mass is 35.5. The van der Waals surface area contributed by atoms with E-state index in [9.17, 15) is 30.0 Å². The van der Waals surface area contributed by atoms with E-state index in [0.717, 1.165) is 94.7 Å². The molecule has 0 amide bonds. The Hall–Kier alpha value is -9.79. The van der Waals surface area contributed by atoms with Crippen LogP contribution in [0.1, 0.15) is 49.7 Å². The summed E-state index contributed by atoms with van der Waals surface area (Å²) >= 11 is 18.4. The van der Waals surface area contributed by atoms with Crippen LogP contribution in [0.2, 0.25) is 15.1 Å². The average molecular weight is 1430 g/mol. The molecule has 9 aromatic heterocycles. The number of likely N-dealkylation sites (tertiary alicyclic amines) is 2. The van der Waals surface area contributed by atoms with Gasteiger partial charge in [0.2, 0.25) is 0 Å². The van der Waals surface area contributed by atoms with Gasteiger partial charge in [-0.3, -0.25) is 10.8 Å². The summed E-state index contributed by atoms with van der Waals surface area (Å²) in [5.41, 5.74) is 15.4. The van der Waals surface area contributed by atoms with Gasteiger partial charge in [0.05, 0.1) is 43.4 Å². The van der Waals surface area contributed by atoms with E-state index in [-0.39, 0.29) is 80.2 Å². The van der Waals surface area contributed by atoms with E-state index in [1.807, 2.05) is 13.8 Å². The molecule has 3 saturated heterocycles. The summed E-state index contributed by atoms with van der Waals surface area (Å²) in [6, 6.07) is 17.7. The molecule has 34 heteroatoms. The number of rotatable bonds is 13. The van der Waals surface area contributed by atoms with Gasteiger partial charge < -0.3 is 47.5 Å². The third-order valence-electron chi connectivity index (χ3n) is 16.6. The summed E-state index contributed by atoms with van der Waals surface area (Å²) in [5.74, 6) is -0.987. The van der Waals surface area contributed by atoms with Crippen molar-refractivity contribution >= 4 is 117 Å². The third-order valence-corrected chi connectivity index (χ3v) is 20.6. The molecular weight excluding hydrogens is 1370 g/mol. The van der Waals surface area contributed by atoms with Crippen molar-refractivity contribution in [2.45, 2.75) is 80.3 Å². The second-order valence-electron chi connectivity index (χ2n) is 23.6. The standard InChI is InChI=1S/C24H24ClFN8O2S.C23H22ClFN6O2S.C17H18ClFN8/c1-14-4-6-17(7-5-14)37(35,36)34-13-19(18-9-15(25)10-30-23(18)34)21-29-11-20(26)22(32-21)31-16-3-2-8-33(12-16)24(27)28;1-14-4-6-17(7-5-14)34(32,33)31-13-19(18-9-15(24)10-28-23(18)31)21-27-12-20(25)22(30-21)29-16-3-2-8-26-11-16;18-9-4-11-12(6-23-14(11)22-5-9)15-24-7-13(19)16(26-15)25-10-2-1-3-27(8-10)17(20)21/h4-7,9-11,13,16H,2-3,8,12H2,1H3,(H3,27,28)(H,29,31,32);4-7,9-10,12-13,16,26H,2-3,8,11H2,1H3,(H,27,29,30);4-7,10H,1-3,8H2,(H3,20,21)(H,22,23)(H,24,25,26). The van der Waals surface area contributed by atoms with E-state index >= 15 is 0 Å². The van der Waals surface area contributed by atoms with E-state index in [2.05, 4.69) is 71.1 Å². The summed E-state index contributed by atoms with van der Waals surface area (Å²) in [6.07, 6.45) is 17.2. The predicted octanol–water partition coefficient (Wildman–Crippen LogP) is 10.2. The van der Waals surface area contributed by atoms with Crippen LogP contribution in [0, 0.1) is 42.1 Å². The lowest BCUT2D eigenvalue weighted by Crippen LogP contribution is -2.47. The molecule has 3 fully saturated rings. The number of aryl methyl sites for hydroxylation is 2. The number of pyridine rings is 3. The average Bonchev–Trinajstić information content (AvgIpc) is 1.59. The van der Waals surface area contributed by atoms with Crippen molar-refractivity contribution in [3.63, 3.8) is 0 Å². The largest absolute Gasteiger partial charge is 0.370 e. The van der Waals surface area contributed by atoms with Crippen LogP contribution in [-0.4, -0.2) is 154 Å². The smallest absolute Gasteiger partial charge is 0.269 e. The summed E-state index contributed by atoms with van der Waals surface area (Å²) in [5, 5.41) is 30.6. The van der Waals surface area contributed by atoms with Crippen molar-refractivity contribution in [3.05, 3.63) is 166 Å². The number of nitrogens with one attached hydrogen (secondary N) is 7. The monoisotopic (exact) mass is 1430 g/mol. The zero-order valence-electron chi connectivity index (χ0n) is 52.5. The Morgan fingerprint density at radius 2 is 0.939 bits per heavy atom. The number of anilines is 3. The van der Waals surface area contributed by atoms with Gasteiger partial charge in [-0.15, -0.1) is 0 Å². The maximum Gasteiger partial charge on any atom is 0.269 e. The van der Waals surface area contributed by atoms with E-state index in [0.29, 0.717) is 80.2 Å². The van der Waals surface area contributed by atoms with Crippen LogP contribution < -0.4 is 32.7 Å². The normalized spacial score (nSPS) is 16.6. The van der Waals surface area contributed by atoms with Gasteiger partial charge in [-0.05, 0) is 101 Å². The number of guanidine groups is 2. The zero-order chi connectivity index (χ0) is 69.2. The van der Waals surface area contributed by atoms with E-state index < -0.39 is 37.5 Å². The van der Waals surface area contributed by atoms with E-state index in [1.54, 1.807) is 76.8 Å². The molecule has 508 valence electrons. The summed E-state index contributed by atoms with van der Waals surface area (Å²) < 4.78 is 99.6. The predicted molar refractivity (Wildman–Crippen MR) is 371 cm³/mol. The molecule has 3 unspecified atom stereocenters. The fourth-order valence-electron chi connectivity index (χ4n) is 11.6. The molecule has 3 aliphatic heterocycles. The quantitative estimate of drug-likeness (QED) is 0.0382. The lowest BCUT2D eigenvalue weighted by atomic mass is 10.1. The van der Waals surface area contributed by atoms with Crippen LogP contribution in [-0.2, 0) is 20.0 Å². The number of aromatic nitrogens is 12. The Labute approximate surface area is 575 Å². The molecule has 0 saturated carbocycles. The fraction of sp³-hybridized carbons (Fsp3) is 0.266. The zero-order valence-corrected chi connectivity index (χ0v) is 56.4. The number of hydrogen-bond acceptors (Lipinski definition) is 19. The van der Waals surface area contributed by atoms with Gasteiger partial charge in [0.1, 0.15) is 5.65 Å². The second kappa shape index (κ2) is 28.7. The first-order chi connectivity index (χ1) is 47.0. The maximum absolute atomic E-state index is 14.7. The summed E-state index contributed by atoms with van der Waals surface area (Å²) in [4.78, 5) is 45.0. The molecule has 98 heavy (non-hydrogen) atoms. The van der Waals surface area contributed by atoms with Crippen LogP contribution >= 0.6 is 34.8 Å². The van der Waals surface area contributed by atoms with Gasteiger partial charge in [0.15, 0.2) is 75.6 Å². The molecule has 0 bridgehead atoms. The van der Waals surface area contributed by atoms with Gasteiger partial charge in [-0.25, -0.2) is 82.8 Å². The number of piperidine rings is 3. The Bertz CT molecular complexity index is 5060. The van der Waals surface area contributed by atoms with Crippen molar-refractivity contribution in [2.24, 2.45) is 11.5 Å². The highest BCUT2D eigenvalue weighted by molar-refractivity contribution is 7.90. The maximum atomic E-state index is 14.7. The van der Waals surface area contributed by atoms with Crippen molar-refractivity contribution in [3.8, 4) is 34.2 Å². The topological polar surface area (TPSA) is 364 Å². The SMILES string of the molecule is Cc1ccc(S(=O)(=O)n2cc(-c3ncc(F)c(NC4CCCN(C(=N)N)C4)n3)c3cc(Cl)cnc32)cc1.Cc1ccc(S(=O)(=O)n2cc(-c3ncc(F)c(NC4CCCNC4)n3)c3cc(Cl)cnc32)cc1.N=C(N)N1CCCC(Nc2nc(-c3c[nH]c4ncc(Cl)cc34)ncc2F)C1. The fourth-order valence-corrected chi connectivity index (χ4v) is 14.7. The van der Waals surface area contributed by atoms with E-state index in [1.165, 1.54) is 36.9 Å². The minimum Gasteiger partial charge on any atom is -0.370 e. The molecule has 11 N–H and O–H groups in total. The van der Waals surface area contributed by atoms with Crippen LogP contribution in [0.4, 0.5) is 30.6 Å². The van der Waals surface area contributed by atoms with Gasteiger partial charge in [0, 0.05) is 121 Å². The van der Waals surface area contributed by atoms with Gasteiger partial charge in [0.25, 0.3) is 20.0 Å². The molecular formula is C64H64Cl3F3N22O4S2. The number of aromatic amines is 1. The Kier molecular flexibility index (Phi) is 20.0. The number of nitrogens with two attached hydrogens (primary N) is 2. The van der Waals surface area contributed by atoms with Crippen molar-refractivity contribution in [2.75, 3.05) is 55.2 Å². The minimum atomic E-state index is -4.01. The van der Waals surface area contributed by atoms with Crippen LogP contribution in [0.25, 0.3) is 67.3 Å².